The fraction of sp³-hybridized carbons (Fsp3) is 0.240. The van der Waals surface area contributed by atoms with Crippen LogP contribution in [0.15, 0.2) is 71.9 Å². The second-order valence-electron chi connectivity index (χ2n) is 8.17. The van der Waals surface area contributed by atoms with Gasteiger partial charge in [0, 0.05) is 18.7 Å². The Morgan fingerprint density at radius 3 is 2.41 bits per heavy atom. The fourth-order valence-electron chi connectivity index (χ4n) is 4.27. The summed E-state index contributed by atoms with van der Waals surface area (Å²) in [4.78, 5) is 24.6. The molecule has 2 aromatic heterocycles. The highest BCUT2D eigenvalue weighted by Crippen LogP contribution is 2.26. The lowest BCUT2D eigenvalue weighted by Gasteiger charge is -2.36. The quantitative estimate of drug-likeness (QED) is 0.488. The van der Waals surface area contributed by atoms with E-state index in [2.05, 4.69) is 28.7 Å². The van der Waals surface area contributed by atoms with Crippen molar-refractivity contribution in [3.05, 3.63) is 83.3 Å². The number of morpholine rings is 1. The van der Waals surface area contributed by atoms with E-state index in [1.165, 1.54) is 23.0 Å². The van der Waals surface area contributed by atoms with Crippen LogP contribution in [-0.2, 0) is 4.74 Å². The topological polar surface area (TPSA) is 60.2 Å². The zero-order valence-electron chi connectivity index (χ0n) is 17.9. The molecule has 6 nitrogen and oxygen atoms in total. The van der Waals surface area contributed by atoms with E-state index >= 15 is 0 Å². The molecule has 1 aliphatic rings. The van der Waals surface area contributed by atoms with E-state index in [1.54, 1.807) is 24.4 Å². The van der Waals surface area contributed by atoms with Crippen LogP contribution >= 0.6 is 0 Å². The molecule has 1 saturated heterocycles. The van der Waals surface area contributed by atoms with Crippen molar-refractivity contribution in [1.29, 1.82) is 0 Å². The minimum Gasteiger partial charge on any atom is -0.372 e. The Kier molecular flexibility index (Phi) is 5.19. The number of nitrogens with zero attached hydrogens (tertiary/aromatic N) is 4. The van der Waals surface area contributed by atoms with Gasteiger partial charge in [0.2, 0.25) is 0 Å². The van der Waals surface area contributed by atoms with Crippen molar-refractivity contribution in [3.8, 4) is 16.8 Å². The minimum atomic E-state index is -0.304. The first kappa shape index (κ1) is 20.3. The number of hydrogen-bond donors (Lipinski definition) is 0. The number of ether oxygens (including phenoxy) is 1. The zero-order chi connectivity index (χ0) is 22.2. The highest BCUT2D eigenvalue weighted by Gasteiger charge is 2.23. The number of para-hydroxylation sites is 1. The van der Waals surface area contributed by atoms with E-state index in [0.717, 1.165) is 30.0 Å². The molecule has 0 aliphatic carbocycles. The molecular weight excluding hydrogens is 407 g/mol. The molecule has 0 unspecified atom stereocenters. The van der Waals surface area contributed by atoms with Crippen molar-refractivity contribution in [2.24, 2.45) is 0 Å². The van der Waals surface area contributed by atoms with Gasteiger partial charge in [-0.25, -0.2) is 14.4 Å². The minimum absolute atomic E-state index is 0.142. The second-order valence-corrected chi connectivity index (χ2v) is 8.17. The standard InChI is InChI=1S/C25H23FN4O2/c1-16-13-29(14-17(2)32-16)23-11-10-20(12-27-23)30-15-28-24-21(4-3-5-22(24)25(30)31)18-6-8-19(26)9-7-18/h3-12,15-17H,13-14H2,1-2H3/t16-,17+. The summed E-state index contributed by atoms with van der Waals surface area (Å²) in [7, 11) is 0. The molecule has 32 heavy (non-hydrogen) atoms. The predicted molar refractivity (Wildman–Crippen MR) is 123 cm³/mol. The summed E-state index contributed by atoms with van der Waals surface area (Å²) in [6, 6.07) is 15.4. The fourth-order valence-corrected chi connectivity index (χ4v) is 4.27. The van der Waals surface area contributed by atoms with Gasteiger partial charge in [0.05, 0.1) is 35.0 Å². The third-order valence-electron chi connectivity index (χ3n) is 5.70. The molecule has 162 valence electrons. The summed E-state index contributed by atoms with van der Waals surface area (Å²) in [6.07, 6.45) is 3.50. The monoisotopic (exact) mass is 430 g/mol. The number of hydrogen-bond acceptors (Lipinski definition) is 5. The number of pyridine rings is 1. The molecule has 1 fully saturated rings. The maximum atomic E-state index is 13.3. The van der Waals surface area contributed by atoms with E-state index in [1.807, 2.05) is 24.3 Å². The van der Waals surface area contributed by atoms with Gasteiger partial charge in [-0.3, -0.25) is 9.36 Å². The Morgan fingerprint density at radius 2 is 1.72 bits per heavy atom. The first-order chi connectivity index (χ1) is 15.5. The molecule has 0 N–H and O–H groups in total. The highest BCUT2D eigenvalue weighted by molar-refractivity contribution is 5.93. The van der Waals surface area contributed by atoms with E-state index in [9.17, 15) is 9.18 Å². The zero-order valence-corrected chi connectivity index (χ0v) is 17.9. The maximum absolute atomic E-state index is 13.3. The van der Waals surface area contributed by atoms with E-state index in [0.29, 0.717) is 16.6 Å². The Balaban J connectivity index is 1.50. The van der Waals surface area contributed by atoms with Crippen LogP contribution in [-0.4, -0.2) is 39.8 Å². The lowest BCUT2D eigenvalue weighted by Crippen LogP contribution is -2.45. The van der Waals surface area contributed by atoms with Crippen LogP contribution in [0.4, 0.5) is 10.2 Å². The van der Waals surface area contributed by atoms with Gasteiger partial charge >= 0.3 is 0 Å². The first-order valence-electron chi connectivity index (χ1n) is 10.6. The Morgan fingerprint density at radius 1 is 0.969 bits per heavy atom. The average molecular weight is 430 g/mol. The van der Waals surface area contributed by atoms with Gasteiger partial charge in [0.15, 0.2) is 0 Å². The maximum Gasteiger partial charge on any atom is 0.265 e. The van der Waals surface area contributed by atoms with Crippen LogP contribution in [0.1, 0.15) is 13.8 Å². The summed E-state index contributed by atoms with van der Waals surface area (Å²) >= 11 is 0. The summed E-state index contributed by atoms with van der Waals surface area (Å²) in [6.45, 7) is 5.66. The molecule has 0 bridgehead atoms. The predicted octanol–water partition coefficient (Wildman–Crippen LogP) is 4.20. The summed E-state index contributed by atoms with van der Waals surface area (Å²) in [5.74, 6) is 0.553. The highest BCUT2D eigenvalue weighted by atomic mass is 19.1. The molecule has 5 rings (SSSR count). The Hall–Kier alpha value is -3.58. The first-order valence-corrected chi connectivity index (χ1v) is 10.6. The van der Waals surface area contributed by atoms with Crippen molar-refractivity contribution in [2.75, 3.05) is 18.0 Å². The van der Waals surface area contributed by atoms with Crippen LogP contribution in [0, 0.1) is 5.82 Å². The van der Waals surface area contributed by atoms with Gasteiger partial charge in [-0.05, 0) is 49.7 Å². The average Bonchev–Trinajstić information content (AvgIpc) is 2.79. The third-order valence-corrected chi connectivity index (χ3v) is 5.70. The van der Waals surface area contributed by atoms with Crippen molar-refractivity contribution >= 4 is 16.7 Å². The van der Waals surface area contributed by atoms with Gasteiger partial charge in [-0.15, -0.1) is 0 Å². The van der Waals surface area contributed by atoms with Crippen molar-refractivity contribution < 1.29 is 9.13 Å². The molecule has 2 aromatic carbocycles. The van der Waals surface area contributed by atoms with Crippen LogP contribution in [0.5, 0.6) is 0 Å². The van der Waals surface area contributed by atoms with Crippen LogP contribution in [0.25, 0.3) is 27.7 Å². The third kappa shape index (κ3) is 3.76. The van der Waals surface area contributed by atoms with Crippen molar-refractivity contribution in [1.82, 2.24) is 14.5 Å². The van der Waals surface area contributed by atoms with Crippen molar-refractivity contribution in [3.63, 3.8) is 0 Å². The molecule has 0 amide bonds. The van der Waals surface area contributed by atoms with Gasteiger partial charge in [-0.2, -0.15) is 0 Å². The SMILES string of the molecule is C[C@@H]1CN(c2ccc(-n3cnc4c(-c5ccc(F)cc5)cccc4c3=O)cn2)C[C@H](C)O1. The van der Waals surface area contributed by atoms with E-state index < -0.39 is 0 Å². The number of anilines is 1. The number of fused-ring (bicyclic) bond motifs is 1. The molecular formula is C25H23FN4O2. The largest absolute Gasteiger partial charge is 0.372 e. The number of rotatable bonds is 3. The van der Waals surface area contributed by atoms with Gasteiger partial charge in [0.1, 0.15) is 18.0 Å². The van der Waals surface area contributed by atoms with E-state index in [4.69, 9.17) is 4.74 Å². The molecule has 0 spiro atoms. The number of halogens is 1. The second kappa shape index (κ2) is 8.16. The van der Waals surface area contributed by atoms with Gasteiger partial charge < -0.3 is 9.64 Å². The molecule has 4 aromatic rings. The smallest absolute Gasteiger partial charge is 0.265 e. The summed E-state index contributed by atoms with van der Waals surface area (Å²) in [5.41, 5.74) is 2.65. The Labute approximate surface area is 184 Å². The molecule has 7 heteroatoms. The normalized spacial score (nSPS) is 18.8. The van der Waals surface area contributed by atoms with Crippen LogP contribution in [0.3, 0.4) is 0 Å². The number of aromatic nitrogens is 3. The molecule has 1 aliphatic heterocycles. The van der Waals surface area contributed by atoms with Crippen LogP contribution in [0.2, 0.25) is 0 Å². The lowest BCUT2D eigenvalue weighted by atomic mass is 10.0. The van der Waals surface area contributed by atoms with Gasteiger partial charge in [0.25, 0.3) is 5.56 Å². The van der Waals surface area contributed by atoms with Crippen LogP contribution < -0.4 is 10.5 Å². The molecule has 0 radical (unpaired) electrons. The van der Waals surface area contributed by atoms with Crippen molar-refractivity contribution in [2.45, 2.75) is 26.1 Å². The Bertz CT molecular complexity index is 1310. The molecule has 0 saturated carbocycles. The summed E-state index contributed by atoms with van der Waals surface area (Å²) < 4.78 is 20.6. The summed E-state index contributed by atoms with van der Waals surface area (Å²) in [5, 5.41) is 0.495. The molecule has 2 atom stereocenters. The van der Waals surface area contributed by atoms with E-state index in [-0.39, 0.29) is 23.6 Å². The molecule has 3 heterocycles. The van der Waals surface area contributed by atoms with Gasteiger partial charge in [-0.1, -0.05) is 24.3 Å². The lowest BCUT2D eigenvalue weighted by molar-refractivity contribution is -0.00545. The number of benzene rings is 2.